The van der Waals surface area contributed by atoms with Crippen molar-refractivity contribution in [2.24, 2.45) is 0 Å². The van der Waals surface area contributed by atoms with E-state index in [4.69, 9.17) is 4.55 Å². The highest BCUT2D eigenvalue weighted by Crippen LogP contribution is 2.25. The van der Waals surface area contributed by atoms with Crippen molar-refractivity contribution in [1.82, 2.24) is 0 Å². The molecule has 0 aromatic heterocycles. The summed E-state index contributed by atoms with van der Waals surface area (Å²) in [5.74, 6) is 0. The highest BCUT2D eigenvalue weighted by atomic mass is 32.2. The Labute approximate surface area is 71.0 Å². The summed E-state index contributed by atoms with van der Waals surface area (Å²) in [6.07, 6.45) is 3.98. The molecule has 1 unspecified atom stereocenters. The molecule has 1 aliphatic carbocycles. The van der Waals surface area contributed by atoms with Crippen molar-refractivity contribution < 1.29 is 18.1 Å². The summed E-state index contributed by atoms with van der Waals surface area (Å²) >= 11 is 0. The second-order valence-electron chi connectivity index (χ2n) is 2.81. The Morgan fingerprint density at radius 1 is 1.58 bits per heavy atom. The van der Waals surface area contributed by atoms with Gasteiger partial charge in [0.15, 0.2) is 0 Å². The summed E-state index contributed by atoms with van der Waals surface area (Å²) in [6.45, 7) is 1.78. The number of rotatable bonds is 1. The maximum absolute atomic E-state index is 10.6. The van der Waals surface area contributed by atoms with E-state index in [2.05, 4.69) is 0 Å². The van der Waals surface area contributed by atoms with E-state index >= 15 is 0 Å². The molecule has 1 aliphatic rings. The Hall–Kier alpha value is -0.650. The van der Waals surface area contributed by atoms with E-state index < -0.39 is 15.1 Å². The molecule has 0 aliphatic heterocycles. The lowest BCUT2D eigenvalue weighted by Crippen LogP contribution is -2.36. The minimum absolute atomic E-state index is 0.103. The van der Waals surface area contributed by atoms with Gasteiger partial charge in [-0.1, -0.05) is 17.7 Å². The van der Waals surface area contributed by atoms with E-state index in [1.165, 1.54) is 6.08 Å². The van der Waals surface area contributed by atoms with E-state index in [0.29, 0.717) is 0 Å². The highest BCUT2D eigenvalue weighted by Gasteiger charge is 2.38. The third kappa shape index (κ3) is 1.57. The van der Waals surface area contributed by atoms with Gasteiger partial charge in [-0.25, -0.2) is 0 Å². The summed E-state index contributed by atoms with van der Waals surface area (Å²) in [5, 5.41) is 9.36. The Bertz CT molecular complexity index is 338. The van der Waals surface area contributed by atoms with E-state index in [1.807, 2.05) is 0 Å². The SMILES string of the molecule is CC1=CCC(O)(S(=O)(=O)O)C=C1. The molecular formula is C7H10O4S. The van der Waals surface area contributed by atoms with E-state index in [9.17, 15) is 13.5 Å². The van der Waals surface area contributed by atoms with Gasteiger partial charge >= 0.3 is 0 Å². The quantitative estimate of drug-likeness (QED) is 0.589. The van der Waals surface area contributed by atoms with Crippen LogP contribution in [-0.2, 0) is 10.1 Å². The maximum Gasteiger partial charge on any atom is 0.299 e. The van der Waals surface area contributed by atoms with Crippen LogP contribution in [0.5, 0.6) is 0 Å². The predicted molar refractivity (Wildman–Crippen MR) is 44.0 cm³/mol. The zero-order chi connectivity index (χ0) is 9.41. The monoisotopic (exact) mass is 190 g/mol. The third-order valence-corrected chi connectivity index (χ3v) is 2.97. The smallest absolute Gasteiger partial charge is 0.299 e. The largest absolute Gasteiger partial charge is 0.369 e. The average Bonchev–Trinajstić information content (AvgIpc) is 1.93. The first-order valence-corrected chi connectivity index (χ1v) is 4.84. The van der Waals surface area contributed by atoms with Gasteiger partial charge < -0.3 is 5.11 Å². The van der Waals surface area contributed by atoms with Crippen LogP contribution in [-0.4, -0.2) is 23.0 Å². The summed E-state index contributed by atoms with van der Waals surface area (Å²) < 4.78 is 29.9. The molecule has 0 aromatic carbocycles. The number of allylic oxidation sites excluding steroid dienone is 2. The molecule has 0 amide bonds. The molecule has 0 aromatic rings. The van der Waals surface area contributed by atoms with Gasteiger partial charge in [0.05, 0.1) is 0 Å². The lowest BCUT2D eigenvalue weighted by atomic mass is 10.1. The van der Waals surface area contributed by atoms with Crippen molar-refractivity contribution in [3.05, 3.63) is 23.8 Å². The first-order valence-electron chi connectivity index (χ1n) is 3.40. The van der Waals surface area contributed by atoms with Gasteiger partial charge in [0.2, 0.25) is 4.93 Å². The minimum Gasteiger partial charge on any atom is -0.369 e. The van der Waals surface area contributed by atoms with Crippen LogP contribution in [0.2, 0.25) is 0 Å². The van der Waals surface area contributed by atoms with Crippen LogP contribution >= 0.6 is 0 Å². The van der Waals surface area contributed by atoms with Crippen LogP contribution < -0.4 is 0 Å². The van der Waals surface area contributed by atoms with Gasteiger partial charge in [0.25, 0.3) is 10.1 Å². The molecule has 0 saturated heterocycles. The number of hydrogen-bond acceptors (Lipinski definition) is 3. The van der Waals surface area contributed by atoms with Crippen molar-refractivity contribution in [3.8, 4) is 0 Å². The van der Waals surface area contributed by atoms with Crippen molar-refractivity contribution in [3.63, 3.8) is 0 Å². The molecule has 5 heteroatoms. The van der Waals surface area contributed by atoms with Crippen LogP contribution in [0.15, 0.2) is 23.8 Å². The molecule has 2 N–H and O–H groups in total. The van der Waals surface area contributed by atoms with Gasteiger partial charge in [-0.05, 0) is 13.0 Å². The molecule has 12 heavy (non-hydrogen) atoms. The zero-order valence-corrected chi connectivity index (χ0v) is 7.37. The van der Waals surface area contributed by atoms with Crippen molar-refractivity contribution in [2.45, 2.75) is 18.3 Å². The Morgan fingerprint density at radius 2 is 2.17 bits per heavy atom. The van der Waals surface area contributed by atoms with Crippen LogP contribution in [0.1, 0.15) is 13.3 Å². The molecule has 4 nitrogen and oxygen atoms in total. The van der Waals surface area contributed by atoms with Crippen LogP contribution in [0.3, 0.4) is 0 Å². The fourth-order valence-corrected chi connectivity index (χ4v) is 1.43. The average molecular weight is 190 g/mol. The second kappa shape index (κ2) is 2.69. The summed E-state index contributed by atoms with van der Waals surface area (Å²) in [5.41, 5.74) is 0.864. The predicted octanol–water partition coefficient (Wildman–Crippen LogP) is 0.469. The second-order valence-corrected chi connectivity index (χ2v) is 4.46. The van der Waals surface area contributed by atoms with Crippen LogP contribution in [0, 0.1) is 0 Å². The van der Waals surface area contributed by atoms with Gasteiger partial charge in [-0.3, -0.25) is 4.55 Å². The van der Waals surface area contributed by atoms with Gasteiger partial charge in [-0.15, -0.1) is 0 Å². The molecule has 68 valence electrons. The van der Waals surface area contributed by atoms with E-state index in [0.717, 1.165) is 11.6 Å². The lowest BCUT2D eigenvalue weighted by Gasteiger charge is -2.21. The molecule has 0 heterocycles. The number of aliphatic hydroxyl groups is 1. The maximum atomic E-state index is 10.6. The molecule has 0 saturated carbocycles. The van der Waals surface area contributed by atoms with Gasteiger partial charge in [0.1, 0.15) is 0 Å². The lowest BCUT2D eigenvalue weighted by molar-refractivity contribution is 0.162. The first-order chi connectivity index (χ1) is 5.35. The Morgan fingerprint density at radius 3 is 2.50 bits per heavy atom. The van der Waals surface area contributed by atoms with Crippen molar-refractivity contribution >= 4 is 10.1 Å². The molecule has 0 radical (unpaired) electrons. The van der Waals surface area contributed by atoms with E-state index in [1.54, 1.807) is 13.0 Å². The van der Waals surface area contributed by atoms with Crippen LogP contribution in [0.25, 0.3) is 0 Å². The number of hydrogen-bond donors (Lipinski definition) is 2. The van der Waals surface area contributed by atoms with Gasteiger partial charge in [0, 0.05) is 6.42 Å². The van der Waals surface area contributed by atoms with Crippen molar-refractivity contribution in [1.29, 1.82) is 0 Å². The fourth-order valence-electron chi connectivity index (χ4n) is 0.896. The molecule has 1 rings (SSSR count). The zero-order valence-electron chi connectivity index (χ0n) is 6.56. The molecule has 0 fully saturated rings. The third-order valence-electron chi connectivity index (χ3n) is 1.77. The Kier molecular flexibility index (Phi) is 2.11. The summed E-state index contributed by atoms with van der Waals surface area (Å²) in [6, 6.07) is 0. The fraction of sp³-hybridized carbons (Fsp3) is 0.429. The summed E-state index contributed by atoms with van der Waals surface area (Å²) in [4.78, 5) is -2.13. The van der Waals surface area contributed by atoms with E-state index in [-0.39, 0.29) is 6.42 Å². The van der Waals surface area contributed by atoms with Crippen LogP contribution in [0.4, 0.5) is 0 Å². The highest BCUT2D eigenvalue weighted by molar-refractivity contribution is 7.87. The molecule has 0 spiro atoms. The first kappa shape index (κ1) is 9.44. The van der Waals surface area contributed by atoms with Crippen molar-refractivity contribution in [2.75, 3.05) is 0 Å². The molecular weight excluding hydrogens is 180 g/mol. The van der Waals surface area contributed by atoms with Gasteiger partial charge in [-0.2, -0.15) is 8.42 Å². The Balaban J connectivity index is 3.02. The minimum atomic E-state index is -4.42. The topological polar surface area (TPSA) is 74.6 Å². The normalized spacial score (nSPS) is 30.1. The molecule has 0 bridgehead atoms. The summed E-state index contributed by atoms with van der Waals surface area (Å²) in [7, 11) is -4.42. The standard InChI is InChI=1S/C7H10O4S/c1-6-2-4-7(8,5-3-6)12(9,10)11/h2-4,8H,5H2,1H3,(H,9,10,11). The molecule has 1 atom stereocenters.